The number of carbonyl (C=O) groups is 1. The molecule has 0 bridgehead atoms. The monoisotopic (exact) mass is 365 g/mol. The summed E-state index contributed by atoms with van der Waals surface area (Å²) in [5.74, 6) is -0.116. The molecule has 6 heteroatoms. The molecule has 1 heterocycles. The Hall–Kier alpha value is -1.24. The second-order valence-electron chi connectivity index (χ2n) is 5.37. The van der Waals surface area contributed by atoms with E-state index in [-0.39, 0.29) is 5.91 Å². The molecule has 110 valence electrons. The highest BCUT2D eigenvalue weighted by molar-refractivity contribution is 9.10. The molecule has 0 unspecified atom stereocenters. The second-order valence-corrected chi connectivity index (χ2v) is 7.14. The number of aromatic nitrogens is 1. The van der Waals surface area contributed by atoms with Gasteiger partial charge in [0.05, 0.1) is 11.2 Å². The molecule has 0 aliphatic heterocycles. The number of rotatable bonds is 3. The summed E-state index contributed by atoms with van der Waals surface area (Å²) < 4.78 is 1.01. The summed E-state index contributed by atoms with van der Waals surface area (Å²) in [7, 11) is 0. The molecule has 0 radical (unpaired) electrons. The quantitative estimate of drug-likeness (QED) is 0.869. The van der Waals surface area contributed by atoms with E-state index in [0.29, 0.717) is 5.13 Å². The van der Waals surface area contributed by atoms with Gasteiger partial charge in [-0.2, -0.15) is 0 Å². The molecule has 1 aliphatic rings. The minimum Gasteiger partial charge on any atom is -0.317 e. The Bertz CT molecular complexity index is 664. The van der Waals surface area contributed by atoms with Crippen LogP contribution in [0.3, 0.4) is 0 Å². The van der Waals surface area contributed by atoms with E-state index in [4.69, 9.17) is 5.73 Å². The fraction of sp³-hybridized carbons (Fsp3) is 0.333. The molecule has 2 aromatic rings. The lowest BCUT2D eigenvalue weighted by atomic mass is 9.98. The fourth-order valence-electron chi connectivity index (χ4n) is 2.57. The highest BCUT2D eigenvalue weighted by Gasteiger charge is 2.37. The van der Waals surface area contributed by atoms with E-state index in [9.17, 15) is 4.79 Å². The Morgan fingerprint density at radius 1 is 1.38 bits per heavy atom. The van der Waals surface area contributed by atoms with E-state index in [1.807, 2.05) is 29.6 Å². The van der Waals surface area contributed by atoms with Gasteiger partial charge in [0.1, 0.15) is 0 Å². The van der Waals surface area contributed by atoms with Crippen molar-refractivity contribution in [2.45, 2.75) is 31.2 Å². The van der Waals surface area contributed by atoms with Crippen LogP contribution < -0.4 is 11.1 Å². The summed E-state index contributed by atoms with van der Waals surface area (Å²) in [6.45, 7) is 0. The molecule has 1 aromatic heterocycles. The van der Waals surface area contributed by atoms with Crippen molar-refractivity contribution in [3.63, 3.8) is 0 Å². The molecule has 21 heavy (non-hydrogen) atoms. The molecule has 0 saturated heterocycles. The number of nitrogens with two attached hydrogens (primary N) is 1. The van der Waals surface area contributed by atoms with E-state index < -0.39 is 5.54 Å². The Labute approximate surface area is 135 Å². The van der Waals surface area contributed by atoms with E-state index in [2.05, 4.69) is 26.2 Å². The third-order valence-electron chi connectivity index (χ3n) is 3.79. The first-order chi connectivity index (χ1) is 10.1. The first kappa shape index (κ1) is 14.7. The molecule has 4 nitrogen and oxygen atoms in total. The van der Waals surface area contributed by atoms with Crippen LogP contribution in [-0.2, 0) is 4.79 Å². The lowest BCUT2D eigenvalue weighted by molar-refractivity contribution is -0.121. The van der Waals surface area contributed by atoms with Gasteiger partial charge in [-0.1, -0.05) is 40.9 Å². The highest BCUT2D eigenvalue weighted by atomic mass is 79.9. The van der Waals surface area contributed by atoms with Crippen molar-refractivity contribution in [1.82, 2.24) is 4.98 Å². The van der Waals surface area contributed by atoms with Crippen LogP contribution in [0.4, 0.5) is 5.13 Å². The van der Waals surface area contributed by atoms with Gasteiger partial charge in [-0.25, -0.2) is 4.98 Å². The summed E-state index contributed by atoms with van der Waals surface area (Å²) in [5, 5.41) is 5.40. The number of hydrogen-bond donors (Lipinski definition) is 2. The molecule has 1 amide bonds. The van der Waals surface area contributed by atoms with Crippen molar-refractivity contribution in [3.05, 3.63) is 34.1 Å². The average molecular weight is 366 g/mol. The number of nitrogens with one attached hydrogen (secondary N) is 1. The van der Waals surface area contributed by atoms with Gasteiger partial charge in [0.25, 0.3) is 0 Å². The third kappa shape index (κ3) is 3.17. The predicted octanol–water partition coefficient (Wildman–Crippen LogP) is 3.78. The van der Waals surface area contributed by atoms with Crippen LogP contribution in [0.25, 0.3) is 11.3 Å². The van der Waals surface area contributed by atoms with E-state index in [0.717, 1.165) is 41.4 Å². The van der Waals surface area contributed by atoms with Crippen LogP contribution in [-0.4, -0.2) is 16.4 Å². The smallest absolute Gasteiger partial charge is 0.246 e. The van der Waals surface area contributed by atoms with Crippen LogP contribution >= 0.6 is 27.3 Å². The van der Waals surface area contributed by atoms with Crippen LogP contribution in [0.2, 0.25) is 0 Å². The predicted molar refractivity (Wildman–Crippen MR) is 89.3 cm³/mol. The number of hydrogen-bond acceptors (Lipinski definition) is 4. The summed E-state index contributed by atoms with van der Waals surface area (Å²) in [6.07, 6.45) is 3.54. The first-order valence-corrected chi connectivity index (χ1v) is 8.56. The van der Waals surface area contributed by atoms with Gasteiger partial charge in [-0.3, -0.25) is 4.79 Å². The van der Waals surface area contributed by atoms with Crippen LogP contribution in [0.5, 0.6) is 0 Å². The number of thiazole rings is 1. The molecule has 3 rings (SSSR count). The number of halogens is 1. The molecule has 3 N–H and O–H groups in total. The van der Waals surface area contributed by atoms with Crippen molar-refractivity contribution in [3.8, 4) is 11.3 Å². The normalized spacial score (nSPS) is 16.9. The number of carbonyl (C=O) groups excluding carboxylic acids is 1. The number of anilines is 1. The molecule has 1 saturated carbocycles. The number of nitrogens with zero attached hydrogens (tertiary/aromatic N) is 1. The standard InChI is InChI=1S/C15H16BrN3OS/c16-11-5-3-4-10(8-11)12-9-21-14(18-12)19-13(20)15(17)6-1-2-7-15/h3-5,8-9H,1-2,6-7,17H2,(H,18,19,20). The molecule has 1 aromatic carbocycles. The largest absolute Gasteiger partial charge is 0.317 e. The van der Waals surface area contributed by atoms with Crippen LogP contribution in [0.15, 0.2) is 34.1 Å². The van der Waals surface area contributed by atoms with Gasteiger partial charge < -0.3 is 11.1 Å². The van der Waals surface area contributed by atoms with E-state index in [1.165, 1.54) is 11.3 Å². The first-order valence-electron chi connectivity index (χ1n) is 6.89. The van der Waals surface area contributed by atoms with Crippen molar-refractivity contribution in [2.24, 2.45) is 5.73 Å². The molecule has 0 spiro atoms. The SMILES string of the molecule is NC1(C(=O)Nc2nc(-c3cccc(Br)c3)cs2)CCCC1. The summed E-state index contributed by atoms with van der Waals surface area (Å²) in [5.41, 5.74) is 7.30. The Morgan fingerprint density at radius 2 is 2.14 bits per heavy atom. The van der Waals surface area contributed by atoms with Crippen molar-refractivity contribution in [2.75, 3.05) is 5.32 Å². The van der Waals surface area contributed by atoms with Crippen molar-refractivity contribution >= 4 is 38.3 Å². The molecular formula is C15H16BrN3OS. The lowest BCUT2D eigenvalue weighted by Gasteiger charge is -2.21. The molecule has 1 aliphatic carbocycles. The van der Waals surface area contributed by atoms with Gasteiger partial charge >= 0.3 is 0 Å². The van der Waals surface area contributed by atoms with Crippen molar-refractivity contribution in [1.29, 1.82) is 0 Å². The summed E-state index contributed by atoms with van der Waals surface area (Å²) in [4.78, 5) is 16.7. The lowest BCUT2D eigenvalue weighted by Crippen LogP contribution is -2.48. The van der Waals surface area contributed by atoms with Gasteiger partial charge in [-0.15, -0.1) is 11.3 Å². The van der Waals surface area contributed by atoms with E-state index >= 15 is 0 Å². The van der Waals surface area contributed by atoms with Crippen molar-refractivity contribution < 1.29 is 4.79 Å². The number of benzene rings is 1. The topological polar surface area (TPSA) is 68.0 Å². The summed E-state index contributed by atoms with van der Waals surface area (Å²) >= 11 is 4.87. The third-order valence-corrected chi connectivity index (χ3v) is 5.04. The number of amides is 1. The average Bonchev–Trinajstić information content (AvgIpc) is 3.09. The van der Waals surface area contributed by atoms with Gasteiger partial charge in [0.2, 0.25) is 5.91 Å². The van der Waals surface area contributed by atoms with Gasteiger partial charge in [-0.05, 0) is 25.0 Å². The summed E-state index contributed by atoms with van der Waals surface area (Å²) in [6, 6.07) is 7.93. The maximum Gasteiger partial charge on any atom is 0.246 e. The maximum absolute atomic E-state index is 12.3. The maximum atomic E-state index is 12.3. The minimum absolute atomic E-state index is 0.116. The molecule has 0 atom stereocenters. The Balaban J connectivity index is 1.75. The Kier molecular flexibility index (Phi) is 4.10. The zero-order chi connectivity index (χ0) is 14.9. The fourth-order valence-corrected chi connectivity index (χ4v) is 3.68. The van der Waals surface area contributed by atoms with Crippen LogP contribution in [0.1, 0.15) is 25.7 Å². The molecule has 1 fully saturated rings. The van der Waals surface area contributed by atoms with E-state index in [1.54, 1.807) is 0 Å². The van der Waals surface area contributed by atoms with Gasteiger partial charge in [0, 0.05) is 15.4 Å². The zero-order valence-corrected chi connectivity index (χ0v) is 13.8. The Morgan fingerprint density at radius 3 is 2.86 bits per heavy atom. The second kappa shape index (κ2) is 5.87. The van der Waals surface area contributed by atoms with Gasteiger partial charge in [0.15, 0.2) is 5.13 Å². The minimum atomic E-state index is -0.721. The molecular weight excluding hydrogens is 350 g/mol. The highest BCUT2D eigenvalue weighted by Crippen LogP contribution is 2.30. The van der Waals surface area contributed by atoms with Crippen LogP contribution in [0, 0.1) is 0 Å². The zero-order valence-electron chi connectivity index (χ0n) is 11.4.